The average Bonchev–Trinajstić information content (AvgIpc) is 3.61. The van der Waals surface area contributed by atoms with Crippen LogP contribution in [-0.2, 0) is 16.0 Å². The Morgan fingerprint density at radius 1 is 1.35 bits per heavy atom. The van der Waals surface area contributed by atoms with Crippen LogP contribution in [-0.4, -0.2) is 63.5 Å². The number of benzene rings is 1. The number of phenolic OH excluding ortho intramolecular Hbond substituents is 1. The molecule has 5 N–H and O–H groups in total. The van der Waals surface area contributed by atoms with Gasteiger partial charge in [0.15, 0.2) is 11.6 Å². The van der Waals surface area contributed by atoms with E-state index in [0.29, 0.717) is 42.3 Å². The highest BCUT2D eigenvalue weighted by molar-refractivity contribution is 6.06. The fraction of sp³-hybridized carbons (Fsp3) is 0.286. The summed E-state index contributed by atoms with van der Waals surface area (Å²) in [5.74, 6) is -0.431. The maximum Gasteiger partial charge on any atom is 0.290 e. The molecule has 0 amide bonds. The molecule has 0 spiro atoms. The summed E-state index contributed by atoms with van der Waals surface area (Å²) in [5.41, 5.74) is 12.6. The molecule has 12 heteroatoms. The number of aromatic hydroxyl groups is 1. The van der Waals surface area contributed by atoms with E-state index in [4.69, 9.17) is 25.1 Å². The van der Waals surface area contributed by atoms with Crippen molar-refractivity contribution in [1.82, 2.24) is 14.6 Å². The Kier molecular flexibility index (Phi) is 8.80. The van der Waals surface area contributed by atoms with Crippen LogP contribution in [0.5, 0.6) is 11.6 Å². The second-order valence-electron chi connectivity index (χ2n) is 9.13. The van der Waals surface area contributed by atoms with Gasteiger partial charge < -0.3 is 30.7 Å². The van der Waals surface area contributed by atoms with Gasteiger partial charge in [0.05, 0.1) is 48.4 Å². The highest BCUT2D eigenvalue weighted by Crippen LogP contribution is 2.33. The van der Waals surface area contributed by atoms with E-state index in [2.05, 4.69) is 20.4 Å². The monoisotopic (exact) mass is 550 g/mol. The normalized spacial score (nSPS) is 15.0. The number of amidine groups is 1. The van der Waals surface area contributed by atoms with Gasteiger partial charge in [0.25, 0.3) is 6.47 Å². The Morgan fingerprint density at radius 2 is 2.12 bits per heavy atom. The van der Waals surface area contributed by atoms with Crippen LogP contribution in [0, 0.1) is 12.7 Å². The highest BCUT2D eigenvalue weighted by atomic mass is 19.1. The van der Waals surface area contributed by atoms with E-state index in [1.807, 2.05) is 32.2 Å². The third kappa shape index (κ3) is 5.96. The summed E-state index contributed by atoms with van der Waals surface area (Å²) >= 11 is 0. The number of ether oxygens (including phenoxy) is 2. The number of pyridine rings is 1. The summed E-state index contributed by atoms with van der Waals surface area (Å²) in [7, 11) is 1.59. The van der Waals surface area contributed by atoms with E-state index in [-0.39, 0.29) is 18.3 Å². The molecule has 0 bridgehead atoms. The standard InChI is InChI=1S/C27H29FN6O3.CH2O2/c1-4-16-9-24(35)21(28)10-22(16)33-27(29)20-12-31-34-13-17(19-11-30-25(36-3)7-15(19)2)8-23(34)26(20)32-18-5-6-37-14-18;2-1-3/h7-13,18,32,35H,4-6,14H2,1-3H3,(H2,29,33);1H,(H,2,3)/t18-;/m0./s1. The van der Waals surface area contributed by atoms with Gasteiger partial charge in [-0.3, -0.25) is 4.79 Å². The minimum Gasteiger partial charge on any atom is -0.505 e. The van der Waals surface area contributed by atoms with E-state index in [9.17, 15) is 9.50 Å². The van der Waals surface area contributed by atoms with Crippen LogP contribution in [0.3, 0.4) is 0 Å². The molecule has 0 unspecified atom stereocenters. The number of nitrogens with one attached hydrogen (secondary N) is 1. The number of aliphatic imine (C=N–C) groups is 1. The molecular formula is C28H31FN6O5. The summed E-state index contributed by atoms with van der Waals surface area (Å²) in [6, 6.07) is 6.58. The molecule has 0 saturated carbocycles. The number of rotatable bonds is 7. The van der Waals surface area contributed by atoms with E-state index in [0.717, 1.165) is 34.3 Å². The Bertz CT molecular complexity index is 1550. The number of phenols is 1. The minimum atomic E-state index is -0.751. The lowest BCUT2D eigenvalue weighted by molar-refractivity contribution is -0.122. The van der Waals surface area contributed by atoms with Gasteiger partial charge in [0.2, 0.25) is 5.88 Å². The van der Waals surface area contributed by atoms with Crippen LogP contribution in [0.2, 0.25) is 0 Å². The summed E-state index contributed by atoms with van der Waals surface area (Å²) in [6.45, 7) is 4.90. The van der Waals surface area contributed by atoms with Crippen molar-refractivity contribution in [2.45, 2.75) is 32.7 Å². The molecule has 5 rings (SSSR count). The second kappa shape index (κ2) is 12.4. The largest absolute Gasteiger partial charge is 0.505 e. The van der Waals surface area contributed by atoms with Crippen LogP contribution in [0.4, 0.5) is 15.8 Å². The van der Waals surface area contributed by atoms with Crippen molar-refractivity contribution in [2.75, 3.05) is 25.6 Å². The van der Waals surface area contributed by atoms with Gasteiger partial charge in [0, 0.05) is 42.3 Å². The quantitative estimate of drug-likeness (QED) is 0.151. The molecule has 11 nitrogen and oxygen atoms in total. The van der Waals surface area contributed by atoms with Crippen LogP contribution in [0.25, 0.3) is 16.6 Å². The van der Waals surface area contributed by atoms with Crippen LogP contribution in [0.15, 0.2) is 47.8 Å². The number of fused-ring (bicyclic) bond motifs is 1. The third-order valence-electron chi connectivity index (χ3n) is 6.57. The maximum atomic E-state index is 14.1. The van der Waals surface area contributed by atoms with Crippen LogP contribution in [0.1, 0.15) is 30.0 Å². The smallest absolute Gasteiger partial charge is 0.290 e. The van der Waals surface area contributed by atoms with E-state index >= 15 is 0 Å². The van der Waals surface area contributed by atoms with Crippen molar-refractivity contribution < 1.29 is 28.9 Å². The van der Waals surface area contributed by atoms with Crippen molar-refractivity contribution in [3.63, 3.8) is 0 Å². The molecule has 1 atom stereocenters. The SMILES string of the molecule is CCc1cc(O)c(F)cc1N=C(N)c1cnn2cc(-c3cnc(OC)cc3C)cc2c1N[C@H]1CCOC1.O=CO. The fourth-order valence-corrected chi connectivity index (χ4v) is 4.52. The minimum absolute atomic E-state index is 0.0952. The van der Waals surface area contributed by atoms with Crippen molar-refractivity contribution in [3.8, 4) is 22.8 Å². The maximum absolute atomic E-state index is 14.1. The van der Waals surface area contributed by atoms with Gasteiger partial charge in [-0.15, -0.1) is 0 Å². The zero-order chi connectivity index (χ0) is 28.8. The first kappa shape index (κ1) is 28.3. The molecule has 1 aliphatic heterocycles. The molecule has 40 heavy (non-hydrogen) atoms. The summed E-state index contributed by atoms with van der Waals surface area (Å²) < 4.78 is 26.7. The average molecular weight is 551 g/mol. The molecule has 1 aliphatic rings. The van der Waals surface area contributed by atoms with E-state index in [1.165, 1.54) is 12.1 Å². The van der Waals surface area contributed by atoms with Crippen molar-refractivity contribution in [1.29, 1.82) is 0 Å². The third-order valence-corrected chi connectivity index (χ3v) is 6.57. The Labute approximate surface area is 230 Å². The van der Waals surface area contributed by atoms with Crippen molar-refractivity contribution in [2.24, 2.45) is 10.7 Å². The number of aryl methyl sites for hydroxylation is 2. The summed E-state index contributed by atoms with van der Waals surface area (Å²) in [4.78, 5) is 17.3. The number of carboxylic acid groups (broad SMARTS) is 1. The van der Waals surface area contributed by atoms with Crippen molar-refractivity contribution in [3.05, 3.63) is 65.4 Å². The Morgan fingerprint density at radius 3 is 2.77 bits per heavy atom. The van der Waals surface area contributed by atoms with Gasteiger partial charge in [-0.2, -0.15) is 5.10 Å². The first-order valence-electron chi connectivity index (χ1n) is 12.6. The summed E-state index contributed by atoms with van der Waals surface area (Å²) in [5, 5.41) is 24.8. The number of nitrogens with zero attached hydrogens (tertiary/aromatic N) is 4. The van der Waals surface area contributed by atoms with E-state index in [1.54, 1.807) is 24.0 Å². The van der Waals surface area contributed by atoms with Gasteiger partial charge in [0.1, 0.15) is 5.84 Å². The van der Waals surface area contributed by atoms with Gasteiger partial charge in [-0.05, 0) is 43.0 Å². The number of carbonyl (C=O) groups is 1. The van der Waals surface area contributed by atoms with Crippen molar-refractivity contribution >= 4 is 29.2 Å². The number of nitrogens with two attached hydrogens (primary N) is 1. The number of anilines is 1. The predicted molar refractivity (Wildman–Crippen MR) is 149 cm³/mol. The van der Waals surface area contributed by atoms with Crippen LogP contribution >= 0.6 is 0 Å². The molecular weight excluding hydrogens is 519 g/mol. The lowest BCUT2D eigenvalue weighted by Gasteiger charge is -2.17. The van der Waals surface area contributed by atoms with Gasteiger partial charge in [-0.1, -0.05) is 6.92 Å². The molecule has 210 valence electrons. The first-order chi connectivity index (χ1) is 19.3. The molecule has 4 heterocycles. The Hall–Kier alpha value is -4.71. The zero-order valence-electron chi connectivity index (χ0n) is 22.4. The molecule has 0 radical (unpaired) electrons. The number of hydrogen-bond donors (Lipinski definition) is 4. The molecule has 1 aromatic carbocycles. The van der Waals surface area contributed by atoms with Crippen LogP contribution < -0.4 is 15.8 Å². The topological polar surface area (TPSA) is 157 Å². The molecule has 1 fully saturated rings. The predicted octanol–water partition coefficient (Wildman–Crippen LogP) is 4.06. The van der Waals surface area contributed by atoms with Gasteiger partial charge in [-0.25, -0.2) is 18.9 Å². The fourth-order valence-electron chi connectivity index (χ4n) is 4.52. The number of hydrogen-bond acceptors (Lipinski definition) is 8. The highest BCUT2D eigenvalue weighted by Gasteiger charge is 2.22. The van der Waals surface area contributed by atoms with E-state index < -0.39 is 11.6 Å². The first-order valence-corrected chi connectivity index (χ1v) is 12.6. The van der Waals surface area contributed by atoms with Gasteiger partial charge >= 0.3 is 0 Å². The molecule has 3 aromatic heterocycles. The lowest BCUT2D eigenvalue weighted by atomic mass is 10.1. The molecule has 4 aromatic rings. The zero-order valence-corrected chi connectivity index (χ0v) is 22.4. The lowest BCUT2D eigenvalue weighted by Crippen LogP contribution is -2.24. The number of methoxy groups -OCH3 is 1. The number of aromatic nitrogens is 3. The molecule has 0 aliphatic carbocycles. The molecule has 1 saturated heterocycles. The number of halogens is 1. The summed E-state index contributed by atoms with van der Waals surface area (Å²) in [6.07, 6.45) is 6.77. The second-order valence-corrected chi connectivity index (χ2v) is 9.13. The Balaban J connectivity index is 0.00000118.